The second kappa shape index (κ2) is 6.22. The summed E-state index contributed by atoms with van der Waals surface area (Å²) in [6.07, 6.45) is 5.82. The number of hydrogen-bond acceptors (Lipinski definition) is 2. The van der Waals surface area contributed by atoms with Crippen molar-refractivity contribution in [2.75, 3.05) is 6.61 Å². The van der Waals surface area contributed by atoms with E-state index in [4.69, 9.17) is 4.74 Å². The molecule has 0 amide bonds. The SMILES string of the molecule is C[SiH](C)CCOC(=O)C1CCCCC1. The molecule has 0 N–H and O–H groups in total. The highest BCUT2D eigenvalue weighted by atomic mass is 28.3. The highest BCUT2D eigenvalue weighted by Gasteiger charge is 2.22. The molecule has 0 atom stereocenters. The average Bonchev–Trinajstić information content (AvgIpc) is 2.18. The van der Waals surface area contributed by atoms with Gasteiger partial charge in [0.2, 0.25) is 0 Å². The van der Waals surface area contributed by atoms with E-state index in [1.165, 1.54) is 19.3 Å². The van der Waals surface area contributed by atoms with Crippen LogP contribution in [0.25, 0.3) is 0 Å². The van der Waals surface area contributed by atoms with E-state index < -0.39 is 8.80 Å². The third-order valence-corrected chi connectivity index (χ3v) is 4.27. The van der Waals surface area contributed by atoms with E-state index in [-0.39, 0.29) is 11.9 Å². The quantitative estimate of drug-likeness (QED) is 0.531. The third kappa shape index (κ3) is 4.27. The van der Waals surface area contributed by atoms with Gasteiger partial charge in [-0.05, 0) is 18.9 Å². The van der Waals surface area contributed by atoms with Crippen molar-refractivity contribution >= 4 is 14.8 Å². The van der Waals surface area contributed by atoms with Crippen LogP contribution in [0.5, 0.6) is 0 Å². The lowest BCUT2D eigenvalue weighted by molar-refractivity contribution is -0.149. The molecule has 1 aliphatic carbocycles. The molecular weight excluding hydrogens is 192 g/mol. The first-order chi connectivity index (χ1) is 6.70. The van der Waals surface area contributed by atoms with Crippen molar-refractivity contribution in [2.24, 2.45) is 5.92 Å². The first-order valence-electron chi connectivity index (χ1n) is 5.87. The molecule has 14 heavy (non-hydrogen) atoms. The molecule has 3 heteroatoms. The number of esters is 1. The van der Waals surface area contributed by atoms with E-state index in [0.717, 1.165) is 18.9 Å². The lowest BCUT2D eigenvalue weighted by Gasteiger charge is -2.20. The monoisotopic (exact) mass is 214 g/mol. The Bertz CT molecular complexity index is 174. The second-order valence-corrected chi connectivity index (χ2v) is 8.05. The van der Waals surface area contributed by atoms with Crippen molar-refractivity contribution in [1.29, 1.82) is 0 Å². The zero-order valence-electron chi connectivity index (χ0n) is 9.42. The highest BCUT2D eigenvalue weighted by molar-refractivity contribution is 6.55. The van der Waals surface area contributed by atoms with Gasteiger partial charge < -0.3 is 4.74 Å². The summed E-state index contributed by atoms with van der Waals surface area (Å²) in [6, 6.07) is 1.12. The summed E-state index contributed by atoms with van der Waals surface area (Å²) in [5.74, 6) is 0.289. The number of rotatable bonds is 4. The summed E-state index contributed by atoms with van der Waals surface area (Å²) in [5.41, 5.74) is 0. The van der Waals surface area contributed by atoms with E-state index in [1.54, 1.807) is 0 Å². The van der Waals surface area contributed by atoms with Gasteiger partial charge in [-0.3, -0.25) is 4.79 Å². The summed E-state index contributed by atoms with van der Waals surface area (Å²) in [5, 5.41) is 0. The minimum absolute atomic E-state index is 0.0688. The first kappa shape index (κ1) is 11.8. The number of carbonyl (C=O) groups excluding carboxylic acids is 1. The number of hydrogen-bond donors (Lipinski definition) is 0. The molecule has 2 nitrogen and oxygen atoms in total. The number of ether oxygens (including phenoxy) is 1. The topological polar surface area (TPSA) is 26.3 Å². The van der Waals surface area contributed by atoms with Crippen molar-refractivity contribution in [3.05, 3.63) is 0 Å². The van der Waals surface area contributed by atoms with Crippen LogP contribution in [0.2, 0.25) is 19.1 Å². The van der Waals surface area contributed by atoms with E-state index in [0.29, 0.717) is 6.61 Å². The van der Waals surface area contributed by atoms with Crippen molar-refractivity contribution in [2.45, 2.75) is 51.2 Å². The second-order valence-electron chi connectivity index (χ2n) is 4.68. The Morgan fingerprint density at radius 2 is 1.93 bits per heavy atom. The van der Waals surface area contributed by atoms with Crippen LogP contribution in [-0.2, 0) is 9.53 Å². The maximum Gasteiger partial charge on any atom is 0.308 e. The van der Waals surface area contributed by atoms with Crippen LogP contribution >= 0.6 is 0 Å². The molecule has 1 rings (SSSR count). The Kier molecular flexibility index (Phi) is 5.23. The van der Waals surface area contributed by atoms with Gasteiger partial charge in [-0.2, -0.15) is 0 Å². The maximum atomic E-state index is 11.6. The Morgan fingerprint density at radius 1 is 1.29 bits per heavy atom. The van der Waals surface area contributed by atoms with Crippen LogP contribution < -0.4 is 0 Å². The van der Waals surface area contributed by atoms with Gasteiger partial charge in [-0.25, -0.2) is 0 Å². The largest absolute Gasteiger partial charge is 0.466 e. The minimum atomic E-state index is -0.549. The first-order valence-corrected chi connectivity index (χ1v) is 8.99. The average molecular weight is 214 g/mol. The van der Waals surface area contributed by atoms with Gasteiger partial charge in [0.05, 0.1) is 12.5 Å². The molecule has 1 fully saturated rings. The van der Waals surface area contributed by atoms with Gasteiger partial charge >= 0.3 is 5.97 Å². The van der Waals surface area contributed by atoms with Crippen molar-refractivity contribution in [1.82, 2.24) is 0 Å². The van der Waals surface area contributed by atoms with Crippen LogP contribution in [-0.4, -0.2) is 21.4 Å². The molecule has 0 aromatic rings. The standard InChI is InChI=1S/C11H22O2Si/c1-14(2)9-8-13-11(12)10-6-4-3-5-7-10/h10,14H,3-9H2,1-2H3. The molecule has 82 valence electrons. The molecule has 1 saturated carbocycles. The normalized spacial score (nSPS) is 18.5. The molecule has 0 bridgehead atoms. The molecular formula is C11H22O2Si. The predicted octanol–water partition coefficient (Wildman–Crippen LogP) is 2.60. The lowest BCUT2D eigenvalue weighted by Crippen LogP contribution is -2.21. The fourth-order valence-electron chi connectivity index (χ4n) is 1.85. The van der Waals surface area contributed by atoms with Gasteiger partial charge in [-0.15, -0.1) is 0 Å². The van der Waals surface area contributed by atoms with Gasteiger partial charge in [-0.1, -0.05) is 32.4 Å². The summed E-state index contributed by atoms with van der Waals surface area (Å²) >= 11 is 0. The molecule has 0 aliphatic heterocycles. The molecule has 0 radical (unpaired) electrons. The predicted molar refractivity (Wildman–Crippen MR) is 61.2 cm³/mol. The molecule has 0 heterocycles. The molecule has 0 spiro atoms. The Balaban J connectivity index is 2.13. The molecule has 1 aliphatic rings. The molecule has 0 saturated heterocycles. The van der Waals surface area contributed by atoms with Gasteiger partial charge in [0.15, 0.2) is 0 Å². The smallest absolute Gasteiger partial charge is 0.308 e. The summed E-state index contributed by atoms with van der Waals surface area (Å²) < 4.78 is 5.29. The van der Waals surface area contributed by atoms with Crippen molar-refractivity contribution in [3.8, 4) is 0 Å². The Morgan fingerprint density at radius 3 is 2.50 bits per heavy atom. The van der Waals surface area contributed by atoms with Gasteiger partial charge in [0.25, 0.3) is 0 Å². The van der Waals surface area contributed by atoms with E-state index in [2.05, 4.69) is 13.1 Å². The summed E-state index contributed by atoms with van der Waals surface area (Å²) in [7, 11) is -0.549. The lowest BCUT2D eigenvalue weighted by atomic mass is 9.89. The molecule has 0 unspecified atom stereocenters. The van der Waals surface area contributed by atoms with E-state index in [1.807, 2.05) is 0 Å². The fourth-order valence-corrected chi connectivity index (χ4v) is 2.44. The Labute approximate surface area is 88.6 Å². The zero-order valence-corrected chi connectivity index (χ0v) is 10.6. The third-order valence-electron chi connectivity index (χ3n) is 2.88. The van der Waals surface area contributed by atoms with Gasteiger partial charge in [0.1, 0.15) is 0 Å². The van der Waals surface area contributed by atoms with Crippen LogP contribution in [0, 0.1) is 5.92 Å². The summed E-state index contributed by atoms with van der Waals surface area (Å²) in [6.45, 7) is 5.24. The van der Waals surface area contributed by atoms with Crippen molar-refractivity contribution < 1.29 is 9.53 Å². The van der Waals surface area contributed by atoms with E-state index >= 15 is 0 Å². The fraction of sp³-hybridized carbons (Fsp3) is 0.909. The van der Waals surface area contributed by atoms with Crippen LogP contribution in [0.15, 0.2) is 0 Å². The van der Waals surface area contributed by atoms with Crippen LogP contribution in [0.3, 0.4) is 0 Å². The summed E-state index contributed by atoms with van der Waals surface area (Å²) in [4.78, 5) is 11.6. The molecule has 0 aromatic heterocycles. The maximum absolute atomic E-state index is 11.6. The van der Waals surface area contributed by atoms with E-state index in [9.17, 15) is 4.79 Å². The van der Waals surface area contributed by atoms with Crippen LogP contribution in [0.4, 0.5) is 0 Å². The number of carbonyl (C=O) groups is 1. The minimum Gasteiger partial charge on any atom is -0.466 e. The molecule has 0 aromatic carbocycles. The zero-order chi connectivity index (χ0) is 10.4. The van der Waals surface area contributed by atoms with Crippen LogP contribution in [0.1, 0.15) is 32.1 Å². The van der Waals surface area contributed by atoms with Crippen molar-refractivity contribution in [3.63, 3.8) is 0 Å². The highest BCUT2D eigenvalue weighted by Crippen LogP contribution is 2.24. The van der Waals surface area contributed by atoms with Gasteiger partial charge in [0, 0.05) is 8.80 Å². The Hall–Kier alpha value is -0.313.